The van der Waals surface area contributed by atoms with E-state index in [-0.39, 0.29) is 11.5 Å². The average molecular weight is 264 g/mol. The highest BCUT2D eigenvalue weighted by molar-refractivity contribution is 5.98. The maximum absolute atomic E-state index is 11.7. The maximum Gasteiger partial charge on any atom is 0.355 e. The molecule has 1 atom stereocenters. The Morgan fingerprint density at radius 3 is 2.74 bits per heavy atom. The molecule has 0 aliphatic carbocycles. The lowest BCUT2D eigenvalue weighted by Crippen LogP contribution is -2.35. The summed E-state index contributed by atoms with van der Waals surface area (Å²) >= 11 is 0. The Morgan fingerprint density at radius 1 is 1.53 bits per heavy atom. The van der Waals surface area contributed by atoms with E-state index < -0.39 is 18.0 Å². The lowest BCUT2D eigenvalue weighted by atomic mass is 10.2. The molecule has 6 heteroatoms. The number of aromatic amines is 1. The molecular weight excluding hydrogens is 248 g/mol. The molecule has 0 saturated carbocycles. The Hall–Kier alpha value is -2.37. The molecule has 0 radical (unpaired) electrons. The minimum atomic E-state index is -0.920. The van der Waals surface area contributed by atoms with Crippen LogP contribution in [0.15, 0.2) is 24.9 Å². The van der Waals surface area contributed by atoms with E-state index in [4.69, 9.17) is 4.74 Å². The van der Waals surface area contributed by atoms with Crippen molar-refractivity contribution >= 4 is 17.7 Å². The van der Waals surface area contributed by atoms with Crippen molar-refractivity contribution in [3.05, 3.63) is 36.2 Å². The monoisotopic (exact) mass is 264 g/mol. The molecule has 0 spiro atoms. The van der Waals surface area contributed by atoms with Crippen LogP contribution in [-0.4, -0.2) is 35.3 Å². The number of amides is 1. The zero-order valence-corrected chi connectivity index (χ0v) is 10.9. The number of aromatic nitrogens is 1. The van der Waals surface area contributed by atoms with Gasteiger partial charge in [-0.1, -0.05) is 6.08 Å². The van der Waals surface area contributed by atoms with Crippen LogP contribution in [0.4, 0.5) is 0 Å². The van der Waals surface area contributed by atoms with Crippen molar-refractivity contribution < 1.29 is 19.1 Å². The number of carbonyl (C=O) groups excluding carboxylic acids is 3. The van der Waals surface area contributed by atoms with E-state index in [1.807, 2.05) is 0 Å². The second kappa shape index (κ2) is 6.53. The first kappa shape index (κ1) is 14.7. The lowest BCUT2D eigenvalue weighted by Gasteiger charge is -2.11. The number of Topliss-reactive ketones (excluding diaryl/α,β-unsaturated/α-hetero) is 1. The third-order valence-electron chi connectivity index (χ3n) is 2.38. The molecule has 0 aliphatic rings. The van der Waals surface area contributed by atoms with Gasteiger partial charge < -0.3 is 15.0 Å². The Morgan fingerprint density at radius 2 is 2.21 bits per heavy atom. The van der Waals surface area contributed by atoms with Crippen molar-refractivity contribution in [1.29, 1.82) is 0 Å². The van der Waals surface area contributed by atoms with Crippen LogP contribution >= 0.6 is 0 Å². The van der Waals surface area contributed by atoms with Crippen LogP contribution in [0.25, 0.3) is 0 Å². The van der Waals surface area contributed by atoms with Gasteiger partial charge in [0.1, 0.15) is 5.69 Å². The summed E-state index contributed by atoms with van der Waals surface area (Å²) in [6.07, 6.45) is 2.02. The van der Waals surface area contributed by atoms with Crippen LogP contribution in [0.5, 0.6) is 0 Å². The van der Waals surface area contributed by atoms with Crippen LogP contribution in [0.2, 0.25) is 0 Å². The largest absolute Gasteiger partial charge is 0.448 e. The molecule has 19 heavy (non-hydrogen) atoms. The first-order valence-corrected chi connectivity index (χ1v) is 5.74. The highest BCUT2D eigenvalue weighted by atomic mass is 16.5. The summed E-state index contributed by atoms with van der Waals surface area (Å²) in [5, 5.41) is 2.51. The van der Waals surface area contributed by atoms with Crippen LogP contribution in [0.1, 0.15) is 34.7 Å². The van der Waals surface area contributed by atoms with Crippen molar-refractivity contribution in [1.82, 2.24) is 10.3 Å². The minimum absolute atomic E-state index is 0.133. The summed E-state index contributed by atoms with van der Waals surface area (Å²) in [4.78, 5) is 36.9. The molecule has 1 heterocycles. The zero-order chi connectivity index (χ0) is 14.4. The number of hydrogen-bond donors (Lipinski definition) is 2. The highest BCUT2D eigenvalue weighted by Crippen LogP contribution is 2.07. The molecule has 6 nitrogen and oxygen atoms in total. The Balaban J connectivity index is 2.60. The number of rotatable bonds is 6. The predicted molar refractivity (Wildman–Crippen MR) is 68.9 cm³/mol. The summed E-state index contributed by atoms with van der Waals surface area (Å²) in [6.45, 7) is 6.62. The SMILES string of the molecule is C=CCNC(=O)[C@@H](C)OC(=O)c1cc(C(C)=O)c[nH]1. The van der Waals surface area contributed by atoms with Crippen molar-refractivity contribution in [2.75, 3.05) is 6.54 Å². The lowest BCUT2D eigenvalue weighted by molar-refractivity contribution is -0.128. The quantitative estimate of drug-likeness (QED) is 0.457. The fraction of sp³-hybridized carbons (Fsp3) is 0.308. The number of nitrogens with one attached hydrogen (secondary N) is 2. The molecule has 0 aromatic carbocycles. The van der Waals surface area contributed by atoms with Gasteiger partial charge in [-0.05, 0) is 19.9 Å². The Kier molecular flexibility index (Phi) is 5.05. The van der Waals surface area contributed by atoms with Crippen LogP contribution < -0.4 is 5.32 Å². The second-order valence-corrected chi connectivity index (χ2v) is 3.94. The molecule has 2 N–H and O–H groups in total. The maximum atomic E-state index is 11.7. The van der Waals surface area contributed by atoms with Gasteiger partial charge >= 0.3 is 5.97 Å². The number of esters is 1. The van der Waals surface area contributed by atoms with Gasteiger partial charge in [-0.2, -0.15) is 0 Å². The van der Waals surface area contributed by atoms with Crippen LogP contribution in [0.3, 0.4) is 0 Å². The normalized spacial score (nSPS) is 11.5. The van der Waals surface area contributed by atoms with Gasteiger partial charge in [-0.25, -0.2) is 4.79 Å². The number of ether oxygens (including phenoxy) is 1. The third-order valence-corrected chi connectivity index (χ3v) is 2.38. The first-order valence-electron chi connectivity index (χ1n) is 5.74. The van der Waals surface area contributed by atoms with Gasteiger partial charge in [0, 0.05) is 18.3 Å². The van der Waals surface area contributed by atoms with E-state index in [0.717, 1.165) is 0 Å². The summed E-state index contributed by atoms with van der Waals surface area (Å²) in [5.41, 5.74) is 0.518. The summed E-state index contributed by atoms with van der Waals surface area (Å²) in [5.74, 6) is -1.26. The average Bonchev–Trinajstić information content (AvgIpc) is 2.85. The van der Waals surface area contributed by atoms with Gasteiger partial charge in [0.25, 0.3) is 5.91 Å². The number of carbonyl (C=O) groups is 3. The number of H-pyrrole nitrogens is 1. The highest BCUT2D eigenvalue weighted by Gasteiger charge is 2.19. The molecular formula is C13H16N2O4. The Labute approximate surface area is 110 Å². The van der Waals surface area contributed by atoms with Gasteiger partial charge in [0.15, 0.2) is 11.9 Å². The Bertz CT molecular complexity index is 504. The molecule has 0 fully saturated rings. The third kappa shape index (κ3) is 4.09. The number of ketones is 1. The van der Waals surface area contributed by atoms with Crippen LogP contribution in [0, 0.1) is 0 Å². The fourth-order valence-corrected chi connectivity index (χ4v) is 1.31. The standard InChI is InChI=1S/C13H16N2O4/c1-4-5-14-12(17)9(3)19-13(18)11-6-10(7-15-11)8(2)16/h4,6-7,9,15H,1,5H2,2-3H3,(H,14,17)/t9-/m1/s1. The fourth-order valence-electron chi connectivity index (χ4n) is 1.31. The van der Waals surface area contributed by atoms with E-state index >= 15 is 0 Å². The van der Waals surface area contributed by atoms with Crippen molar-refractivity contribution in [2.24, 2.45) is 0 Å². The molecule has 0 bridgehead atoms. The first-order chi connectivity index (χ1) is 8.95. The molecule has 1 aromatic rings. The van der Waals surface area contributed by atoms with Crippen molar-refractivity contribution in [2.45, 2.75) is 20.0 Å². The number of hydrogen-bond acceptors (Lipinski definition) is 4. The minimum Gasteiger partial charge on any atom is -0.448 e. The van der Waals surface area contributed by atoms with Crippen LogP contribution in [-0.2, 0) is 9.53 Å². The predicted octanol–water partition coefficient (Wildman–Crippen LogP) is 1.06. The molecule has 102 valence electrons. The van der Waals surface area contributed by atoms with Crippen molar-refractivity contribution in [3.63, 3.8) is 0 Å². The van der Waals surface area contributed by atoms with Gasteiger partial charge in [-0.3, -0.25) is 9.59 Å². The summed E-state index contributed by atoms with van der Waals surface area (Å²) < 4.78 is 4.96. The second-order valence-electron chi connectivity index (χ2n) is 3.94. The van der Waals surface area contributed by atoms with Gasteiger partial charge in [0.05, 0.1) is 0 Å². The molecule has 0 saturated heterocycles. The van der Waals surface area contributed by atoms with Crippen molar-refractivity contribution in [3.8, 4) is 0 Å². The van der Waals surface area contributed by atoms with E-state index in [2.05, 4.69) is 16.9 Å². The molecule has 1 rings (SSSR count). The van der Waals surface area contributed by atoms with Gasteiger partial charge in [-0.15, -0.1) is 6.58 Å². The van der Waals surface area contributed by atoms with E-state index in [9.17, 15) is 14.4 Å². The molecule has 1 amide bonds. The smallest absolute Gasteiger partial charge is 0.355 e. The van der Waals surface area contributed by atoms with E-state index in [1.54, 1.807) is 0 Å². The van der Waals surface area contributed by atoms with Gasteiger partial charge in [0.2, 0.25) is 0 Å². The zero-order valence-electron chi connectivity index (χ0n) is 10.9. The molecule has 0 unspecified atom stereocenters. The summed E-state index contributed by atoms with van der Waals surface area (Å²) in [6, 6.07) is 1.39. The molecule has 1 aromatic heterocycles. The van der Waals surface area contributed by atoms with E-state index in [0.29, 0.717) is 12.1 Å². The van der Waals surface area contributed by atoms with E-state index in [1.165, 1.54) is 32.2 Å². The summed E-state index contributed by atoms with van der Waals surface area (Å²) in [7, 11) is 0. The topological polar surface area (TPSA) is 88.3 Å². The molecule has 0 aliphatic heterocycles.